The minimum atomic E-state index is -0.644. The van der Waals surface area contributed by atoms with E-state index in [2.05, 4.69) is 17.6 Å². The molecule has 0 aromatic heterocycles. The SMILES string of the molecule is CCSCc1ccc(C(=O)Nc2cccc(NC(N)=O)c2)cc1. The number of carbonyl (C=O) groups excluding carboxylic acids is 2. The Labute approximate surface area is 139 Å². The molecule has 3 amide bonds. The van der Waals surface area contributed by atoms with E-state index in [4.69, 9.17) is 5.73 Å². The summed E-state index contributed by atoms with van der Waals surface area (Å²) < 4.78 is 0. The van der Waals surface area contributed by atoms with E-state index < -0.39 is 6.03 Å². The van der Waals surface area contributed by atoms with E-state index in [1.807, 2.05) is 36.0 Å². The normalized spacial score (nSPS) is 10.1. The number of hydrogen-bond acceptors (Lipinski definition) is 3. The quantitative estimate of drug-likeness (QED) is 0.756. The van der Waals surface area contributed by atoms with Crippen molar-refractivity contribution in [3.05, 3.63) is 59.7 Å². The Kier molecular flexibility index (Phi) is 6.05. The molecule has 2 aromatic rings. The minimum absolute atomic E-state index is 0.198. The molecule has 0 fully saturated rings. The molecule has 2 aromatic carbocycles. The summed E-state index contributed by atoms with van der Waals surface area (Å²) in [5.74, 6) is 1.81. The van der Waals surface area contributed by atoms with Crippen molar-refractivity contribution in [2.24, 2.45) is 5.73 Å². The maximum absolute atomic E-state index is 12.2. The molecule has 0 aliphatic rings. The van der Waals surface area contributed by atoms with Crippen molar-refractivity contribution >= 4 is 35.1 Å². The van der Waals surface area contributed by atoms with E-state index in [-0.39, 0.29) is 5.91 Å². The first-order chi connectivity index (χ1) is 11.1. The summed E-state index contributed by atoms with van der Waals surface area (Å²) in [6.45, 7) is 2.12. The van der Waals surface area contributed by atoms with E-state index in [0.717, 1.165) is 11.5 Å². The second-order valence-electron chi connectivity index (χ2n) is 4.86. The highest BCUT2D eigenvalue weighted by Gasteiger charge is 2.07. The van der Waals surface area contributed by atoms with Crippen LogP contribution in [-0.4, -0.2) is 17.7 Å². The van der Waals surface area contributed by atoms with Crippen LogP contribution in [0.15, 0.2) is 48.5 Å². The molecule has 2 rings (SSSR count). The molecule has 0 spiro atoms. The van der Waals surface area contributed by atoms with Gasteiger partial charge in [-0.2, -0.15) is 11.8 Å². The molecule has 0 heterocycles. The van der Waals surface area contributed by atoms with Crippen molar-refractivity contribution in [1.29, 1.82) is 0 Å². The standard InChI is InChI=1S/C17H19N3O2S/c1-2-23-11-12-6-8-13(9-7-12)16(21)19-14-4-3-5-15(10-14)20-17(18)22/h3-10H,2,11H2,1H3,(H,19,21)(H3,18,20,22). The Bertz CT molecular complexity index is 686. The summed E-state index contributed by atoms with van der Waals surface area (Å²) >= 11 is 1.84. The number of amides is 3. The predicted molar refractivity (Wildman–Crippen MR) is 95.9 cm³/mol. The zero-order valence-corrected chi connectivity index (χ0v) is 13.7. The number of primary amides is 1. The molecule has 6 heteroatoms. The number of carbonyl (C=O) groups is 2. The van der Waals surface area contributed by atoms with E-state index in [1.165, 1.54) is 5.56 Å². The number of nitrogens with one attached hydrogen (secondary N) is 2. The zero-order valence-electron chi connectivity index (χ0n) is 12.8. The highest BCUT2D eigenvalue weighted by molar-refractivity contribution is 7.98. The average Bonchev–Trinajstić information content (AvgIpc) is 2.53. The highest BCUT2D eigenvalue weighted by atomic mass is 32.2. The van der Waals surface area contributed by atoms with Crippen LogP contribution < -0.4 is 16.4 Å². The third-order valence-electron chi connectivity index (χ3n) is 3.08. The number of benzene rings is 2. The van der Waals surface area contributed by atoms with Crippen LogP contribution in [0, 0.1) is 0 Å². The number of rotatable bonds is 6. The van der Waals surface area contributed by atoms with Gasteiger partial charge in [0.15, 0.2) is 0 Å². The summed E-state index contributed by atoms with van der Waals surface area (Å²) in [5, 5.41) is 5.27. The predicted octanol–water partition coefficient (Wildman–Crippen LogP) is 3.68. The molecule has 0 unspecified atom stereocenters. The summed E-state index contributed by atoms with van der Waals surface area (Å²) in [7, 11) is 0. The lowest BCUT2D eigenvalue weighted by atomic mass is 10.1. The second-order valence-corrected chi connectivity index (χ2v) is 6.13. The zero-order chi connectivity index (χ0) is 16.7. The molecule has 0 bridgehead atoms. The topological polar surface area (TPSA) is 84.2 Å². The van der Waals surface area contributed by atoms with Crippen LogP contribution in [0.25, 0.3) is 0 Å². The fourth-order valence-corrected chi connectivity index (χ4v) is 2.62. The summed E-state index contributed by atoms with van der Waals surface area (Å²) in [6.07, 6.45) is 0. The van der Waals surface area contributed by atoms with Crippen LogP contribution in [0.2, 0.25) is 0 Å². The Hall–Kier alpha value is -2.47. The number of nitrogens with two attached hydrogens (primary N) is 1. The molecular weight excluding hydrogens is 310 g/mol. The number of anilines is 2. The number of urea groups is 1. The van der Waals surface area contributed by atoms with E-state index in [0.29, 0.717) is 16.9 Å². The van der Waals surface area contributed by atoms with Crippen molar-refractivity contribution in [2.75, 3.05) is 16.4 Å². The van der Waals surface area contributed by atoms with E-state index in [1.54, 1.807) is 24.3 Å². The molecule has 5 nitrogen and oxygen atoms in total. The van der Waals surface area contributed by atoms with Crippen molar-refractivity contribution in [3.63, 3.8) is 0 Å². The van der Waals surface area contributed by atoms with Gasteiger partial charge >= 0.3 is 6.03 Å². The van der Waals surface area contributed by atoms with Crippen molar-refractivity contribution in [3.8, 4) is 0 Å². The third-order valence-corrected chi connectivity index (χ3v) is 4.02. The molecular formula is C17H19N3O2S. The maximum Gasteiger partial charge on any atom is 0.316 e. The van der Waals surface area contributed by atoms with Gasteiger partial charge in [0.25, 0.3) is 5.91 Å². The Morgan fingerprint density at radius 3 is 2.30 bits per heavy atom. The molecule has 0 atom stereocenters. The van der Waals surface area contributed by atoms with Crippen molar-refractivity contribution in [2.45, 2.75) is 12.7 Å². The van der Waals surface area contributed by atoms with Gasteiger partial charge in [-0.3, -0.25) is 4.79 Å². The second kappa shape index (κ2) is 8.24. The Balaban J connectivity index is 2.02. The van der Waals surface area contributed by atoms with Crippen LogP contribution in [0.1, 0.15) is 22.8 Å². The fraction of sp³-hybridized carbons (Fsp3) is 0.176. The summed E-state index contributed by atoms with van der Waals surface area (Å²) in [6, 6.07) is 13.7. The molecule has 0 saturated carbocycles. The average molecular weight is 329 g/mol. The van der Waals surface area contributed by atoms with E-state index in [9.17, 15) is 9.59 Å². The van der Waals surface area contributed by atoms with Crippen LogP contribution in [0.3, 0.4) is 0 Å². The largest absolute Gasteiger partial charge is 0.351 e. The number of thioether (sulfide) groups is 1. The van der Waals surface area contributed by atoms with E-state index >= 15 is 0 Å². The van der Waals surface area contributed by atoms with Gasteiger partial charge in [-0.15, -0.1) is 0 Å². The Morgan fingerprint density at radius 2 is 1.70 bits per heavy atom. The first-order valence-corrected chi connectivity index (χ1v) is 8.38. The van der Waals surface area contributed by atoms with Crippen molar-refractivity contribution < 1.29 is 9.59 Å². The lowest BCUT2D eigenvalue weighted by Crippen LogP contribution is -2.19. The highest BCUT2D eigenvalue weighted by Crippen LogP contribution is 2.17. The van der Waals surface area contributed by atoms with Gasteiger partial charge in [-0.05, 0) is 41.6 Å². The smallest absolute Gasteiger partial charge is 0.316 e. The van der Waals surface area contributed by atoms with Crippen LogP contribution in [0.4, 0.5) is 16.2 Å². The van der Waals surface area contributed by atoms with Gasteiger partial charge in [-0.1, -0.05) is 25.1 Å². The molecule has 23 heavy (non-hydrogen) atoms. The lowest BCUT2D eigenvalue weighted by molar-refractivity contribution is 0.102. The Morgan fingerprint density at radius 1 is 1.04 bits per heavy atom. The van der Waals surface area contributed by atoms with Gasteiger partial charge in [0.05, 0.1) is 0 Å². The third kappa shape index (κ3) is 5.34. The first-order valence-electron chi connectivity index (χ1n) is 7.23. The molecule has 0 aliphatic carbocycles. The molecule has 120 valence electrons. The summed E-state index contributed by atoms with van der Waals surface area (Å²) in [5.41, 5.74) is 7.98. The molecule has 0 saturated heterocycles. The monoisotopic (exact) mass is 329 g/mol. The number of hydrogen-bond donors (Lipinski definition) is 3. The maximum atomic E-state index is 12.2. The fourth-order valence-electron chi connectivity index (χ4n) is 1.99. The van der Waals surface area contributed by atoms with Gasteiger partial charge in [0.2, 0.25) is 0 Å². The molecule has 0 aliphatic heterocycles. The van der Waals surface area contributed by atoms with Crippen molar-refractivity contribution in [1.82, 2.24) is 0 Å². The lowest BCUT2D eigenvalue weighted by Gasteiger charge is -2.08. The molecule has 0 radical (unpaired) electrons. The van der Waals surface area contributed by atoms with Crippen LogP contribution in [0.5, 0.6) is 0 Å². The van der Waals surface area contributed by atoms with Crippen LogP contribution >= 0.6 is 11.8 Å². The molecule has 4 N–H and O–H groups in total. The van der Waals surface area contributed by atoms with Gasteiger partial charge in [-0.25, -0.2) is 4.79 Å². The van der Waals surface area contributed by atoms with Gasteiger partial charge in [0.1, 0.15) is 0 Å². The van der Waals surface area contributed by atoms with Gasteiger partial charge < -0.3 is 16.4 Å². The van der Waals surface area contributed by atoms with Gasteiger partial charge in [0, 0.05) is 22.7 Å². The van der Waals surface area contributed by atoms with Crippen LogP contribution in [-0.2, 0) is 5.75 Å². The first kappa shape index (κ1) is 16.9. The minimum Gasteiger partial charge on any atom is -0.351 e. The summed E-state index contributed by atoms with van der Waals surface area (Å²) in [4.78, 5) is 23.1.